The summed E-state index contributed by atoms with van der Waals surface area (Å²) in [6.07, 6.45) is 1.79. The standard InChI is InChI=1S/C33H21N5/c34-22-23-19-28(24-14-16-25(17-15-24)30-13-7-8-18-35-30)21-29(20-23)33-37-31(26-9-3-1-4-10-26)36-32(38-33)27-11-5-2-6-12-27/h1-21H. The Morgan fingerprint density at radius 3 is 1.53 bits per heavy atom. The van der Waals surface area contributed by atoms with Crippen molar-refractivity contribution in [3.8, 4) is 62.6 Å². The summed E-state index contributed by atoms with van der Waals surface area (Å²) >= 11 is 0. The van der Waals surface area contributed by atoms with E-state index in [1.807, 2.05) is 121 Å². The van der Waals surface area contributed by atoms with Crippen molar-refractivity contribution in [3.05, 3.63) is 133 Å². The summed E-state index contributed by atoms with van der Waals surface area (Å²) in [5.41, 5.74) is 6.93. The Labute approximate surface area is 220 Å². The number of aromatic nitrogens is 4. The van der Waals surface area contributed by atoms with Gasteiger partial charge in [0.05, 0.1) is 17.3 Å². The lowest BCUT2D eigenvalue weighted by atomic mass is 9.98. The lowest BCUT2D eigenvalue weighted by molar-refractivity contribution is 1.07. The fourth-order valence-electron chi connectivity index (χ4n) is 4.29. The van der Waals surface area contributed by atoms with Gasteiger partial charge in [-0.05, 0) is 41.5 Å². The van der Waals surface area contributed by atoms with Crippen molar-refractivity contribution in [2.75, 3.05) is 0 Å². The predicted molar refractivity (Wildman–Crippen MR) is 150 cm³/mol. The molecule has 0 spiro atoms. The van der Waals surface area contributed by atoms with Gasteiger partial charge >= 0.3 is 0 Å². The molecule has 4 aromatic carbocycles. The Kier molecular flexibility index (Phi) is 6.20. The minimum atomic E-state index is 0.515. The van der Waals surface area contributed by atoms with Crippen LogP contribution in [0.2, 0.25) is 0 Å². The van der Waals surface area contributed by atoms with Gasteiger partial charge in [-0.3, -0.25) is 4.98 Å². The van der Waals surface area contributed by atoms with Gasteiger partial charge in [0.2, 0.25) is 0 Å². The molecule has 0 N–H and O–H groups in total. The van der Waals surface area contributed by atoms with E-state index in [1.165, 1.54) is 0 Å². The van der Waals surface area contributed by atoms with Crippen LogP contribution in [0.25, 0.3) is 56.5 Å². The third-order valence-corrected chi connectivity index (χ3v) is 6.20. The van der Waals surface area contributed by atoms with E-state index in [9.17, 15) is 5.26 Å². The SMILES string of the molecule is N#Cc1cc(-c2ccc(-c3ccccn3)cc2)cc(-c2nc(-c3ccccc3)nc(-c3ccccc3)n2)c1. The van der Waals surface area contributed by atoms with E-state index in [1.54, 1.807) is 6.20 Å². The third-order valence-electron chi connectivity index (χ3n) is 6.20. The number of hydrogen-bond acceptors (Lipinski definition) is 5. The minimum absolute atomic E-state index is 0.515. The summed E-state index contributed by atoms with van der Waals surface area (Å²) < 4.78 is 0. The Morgan fingerprint density at radius 1 is 0.447 bits per heavy atom. The van der Waals surface area contributed by atoms with Crippen LogP contribution in [0.1, 0.15) is 5.56 Å². The maximum Gasteiger partial charge on any atom is 0.164 e. The van der Waals surface area contributed by atoms with Crippen LogP contribution in [-0.2, 0) is 0 Å². The van der Waals surface area contributed by atoms with Gasteiger partial charge in [0.1, 0.15) is 0 Å². The number of nitriles is 1. The summed E-state index contributed by atoms with van der Waals surface area (Å²) in [4.78, 5) is 18.8. The Morgan fingerprint density at radius 2 is 0.974 bits per heavy atom. The molecule has 5 nitrogen and oxygen atoms in total. The van der Waals surface area contributed by atoms with Gasteiger partial charge in [0.15, 0.2) is 17.5 Å². The van der Waals surface area contributed by atoms with Gasteiger partial charge in [0.25, 0.3) is 0 Å². The lowest BCUT2D eigenvalue weighted by Crippen LogP contribution is -2.00. The van der Waals surface area contributed by atoms with Crippen molar-refractivity contribution in [2.45, 2.75) is 0 Å². The number of pyridine rings is 1. The zero-order chi connectivity index (χ0) is 25.7. The highest BCUT2D eigenvalue weighted by Gasteiger charge is 2.14. The molecule has 2 aromatic heterocycles. The first kappa shape index (κ1) is 23.0. The van der Waals surface area contributed by atoms with Crippen molar-refractivity contribution in [3.63, 3.8) is 0 Å². The van der Waals surface area contributed by atoms with Crippen molar-refractivity contribution in [2.24, 2.45) is 0 Å². The van der Waals surface area contributed by atoms with E-state index in [-0.39, 0.29) is 0 Å². The van der Waals surface area contributed by atoms with E-state index < -0.39 is 0 Å². The Balaban J connectivity index is 1.47. The van der Waals surface area contributed by atoms with Crippen molar-refractivity contribution in [1.29, 1.82) is 5.26 Å². The molecule has 38 heavy (non-hydrogen) atoms. The maximum absolute atomic E-state index is 9.83. The van der Waals surface area contributed by atoms with E-state index in [0.29, 0.717) is 23.0 Å². The molecule has 0 unspecified atom stereocenters. The van der Waals surface area contributed by atoms with Gasteiger partial charge < -0.3 is 0 Å². The summed E-state index contributed by atoms with van der Waals surface area (Å²) in [6, 6.07) is 41.8. The highest BCUT2D eigenvalue weighted by Crippen LogP contribution is 2.30. The molecule has 0 radical (unpaired) electrons. The molecule has 0 aliphatic heterocycles. The van der Waals surface area contributed by atoms with Gasteiger partial charge in [0, 0.05) is 28.5 Å². The van der Waals surface area contributed by atoms with Crippen LogP contribution in [0.15, 0.2) is 128 Å². The first-order chi connectivity index (χ1) is 18.8. The van der Waals surface area contributed by atoms with Gasteiger partial charge in [-0.15, -0.1) is 0 Å². The molecule has 0 amide bonds. The molecular weight excluding hydrogens is 466 g/mol. The molecule has 0 saturated carbocycles. The van der Waals surface area contributed by atoms with E-state index in [2.05, 4.69) is 11.1 Å². The van der Waals surface area contributed by atoms with Crippen LogP contribution >= 0.6 is 0 Å². The molecule has 0 bridgehead atoms. The smallest absolute Gasteiger partial charge is 0.164 e. The number of nitrogens with zero attached hydrogens (tertiary/aromatic N) is 5. The molecule has 0 fully saturated rings. The normalized spacial score (nSPS) is 10.6. The summed E-state index contributed by atoms with van der Waals surface area (Å²) in [5, 5.41) is 9.83. The van der Waals surface area contributed by atoms with Gasteiger partial charge in [-0.2, -0.15) is 5.26 Å². The predicted octanol–water partition coefficient (Wildman–Crippen LogP) is 7.47. The van der Waals surface area contributed by atoms with Crippen molar-refractivity contribution >= 4 is 0 Å². The average molecular weight is 488 g/mol. The molecule has 0 aliphatic carbocycles. The van der Waals surface area contributed by atoms with Crippen molar-refractivity contribution in [1.82, 2.24) is 19.9 Å². The quantitative estimate of drug-likeness (QED) is 0.252. The molecule has 178 valence electrons. The second-order valence-corrected chi connectivity index (χ2v) is 8.74. The van der Waals surface area contributed by atoms with E-state index >= 15 is 0 Å². The molecule has 6 rings (SSSR count). The van der Waals surface area contributed by atoms with Crippen LogP contribution in [0, 0.1) is 11.3 Å². The maximum atomic E-state index is 9.83. The molecule has 5 heteroatoms. The van der Waals surface area contributed by atoms with E-state index in [0.717, 1.165) is 39.1 Å². The Hall–Kier alpha value is -5.47. The number of benzene rings is 4. The second-order valence-electron chi connectivity index (χ2n) is 8.74. The molecular formula is C33H21N5. The van der Waals surface area contributed by atoms with Crippen LogP contribution in [-0.4, -0.2) is 19.9 Å². The van der Waals surface area contributed by atoms with Crippen LogP contribution in [0.5, 0.6) is 0 Å². The topological polar surface area (TPSA) is 75.3 Å². The summed E-state index contributed by atoms with van der Waals surface area (Å²) in [5.74, 6) is 1.68. The Bertz CT molecular complexity index is 1680. The third kappa shape index (κ3) is 4.79. The number of rotatable bonds is 5. The van der Waals surface area contributed by atoms with Gasteiger partial charge in [-0.1, -0.05) is 91.0 Å². The number of hydrogen-bond donors (Lipinski definition) is 0. The summed E-state index contributed by atoms with van der Waals surface area (Å²) in [6.45, 7) is 0. The minimum Gasteiger partial charge on any atom is -0.256 e. The first-order valence-corrected chi connectivity index (χ1v) is 12.2. The molecule has 0 atom stereocenters. The fourth-order valence-corrected chi connectivity index (χ4v) is 4.29. The second kappa shape index (κ2) is 10.3. The highest BCUT2D eigenvalue weighted by atomic mass is 15.0. The summed E-state index contributed by atoms with van der Waals surface area (Å²) in [7, 11) is 0. The monoisotopic (exact) mass is 487 g/mol. The van der Waals surface area contributed by atoms with Gasteiger partial charge in [-0.25, -0.2) is 15.0 Å². The molecule has 0 aliphatic rings. The average Bonchev–Trinajstić information content (AvgIpc) is 3.02. The van der Waals surface area contributed by atoms with E-state index in [4.69, 9.17) is 15.0 Å². The lowest BCUT2D eigenvalue weighted by Gasteiger charge is -2.10. The largest absolute Gasteiger partial charge is 0.256 e. The zero-order valence-corrected chi connectivity index (χ0v) is 20.4. The zero-order valence-electron chi connectivity index (χ0n) is 20.4. The van der Waals surface area contributed by atoms with Crippen LogP contribution in [0.4, 0.5) is 0 Å². The van der Waals surface area contributed by atoms with Crippen LogP contribution in [0.3, 0.4) is 0 Å². The molecule has 6 aromatic rings. The highest BCUT2D eigenvalue weighted by molar-refractivity contribution is 5.76. The van der Waals surface area contributed by atoms with Crippen molar-refractivity contribution < 1.29 is 0 Å². The van der Waals surface area contributed by atoms with Crippen LogP contribution < -0.4 is 0 Å². The molecule has 0 saturated heterocycles. The first-order valence-electron chi connectivity index (χ1n) is 12.2. The molecule has 2 heterocycles. The fraction of sp³-hybridized carbons (Fsp3) is 0.